The van der Waals surface area contributed by atoms with Gasteiger partial charge in [0.1, 0.15) is 30.5 Å². The van der Waals surface area contributed by atoms with Crippen LogP contribution in [-0.2, 0) is 23.7 Å². The number of allylic oxidation sites excluding steroid dienone is 12. The van der Waals surface area contributed by atoms with Gasteiger partial charge in [0, 0.05) is 13.0 Å². The van der Waals surface area contributed by atoms with Crippen LogP contribution in [0.3, 0.4) is 0 Å². The first-order chi connectivity index (χ1) is 32.4. The summed E-state index contributed by atoms with van der Waals surface area (Å²) in [5, 5.41) is 40.3. The van der Waals surface area contributed by atoms with E-state index in [4.69, 9.17) is 18.9 Å². The number of hydrogen-bond donors (Lipinski definition) is 4. The average molecular weight is 929 g/mol. The molecule has 0 aromatic heterocycles. The number of aliphatic hydroxyl groups excluding tert-OH is 4. The van der Waals surface area contributed by atoms with Crippen molar-refractivity contribution >= 4 is 5.97 Å². The molecule has 0 amide bonds. The number of carbonyl (C=O) groups excluding carboxylic acids is 1. The zero-order valence-corrected chi connectivity index (χ0v) is 42.2. The van der Waals surface area contributed by atoms with Gasteiger partial charge in [0.05, 0.1) is 19.8 Å². The van der Waals surface area contributed by atoms with Crippen LogP contribution < -0.4 is 0 Å². The first kappa shape index (κ1) is 61.6. The molecule has 382 valence electrons. The van der Waals surface area contributed by atoms with Gasteiger partial charge >= 0.3 is 5.97 Å². The normalized spacial score (nSPS) is 19.9. The predicted molar refractivity (Wildman–Crippen MR) is 274 cm³/mol. The monoisotopic (exact) mass is 929 g/mol. The Bertz CT molecular complexity index is 1240. The van der Waals surface area contributed by atoms with Crippen molar-refractivity contribution in [1.82, 2.24) is 0 Å². The van der Waals surface area contributed by atoms with Crippen molar-refractivity contribution < 1.29 is 44.2 Å². The van der Waals surface area contributed by atoms with Crippen molar-refractivity contribution in [3.63, 3.8) is 0 Å². The number of unbranched alkanes of at least 4 members (excludes halogenated alkanes) is 23. The zero-order valence-electron chi connectivity index (χ0n) is 42.2. The van der Waals surface area contributed by atoms with Gasteiger partial charge in [0.25, 0.3) is 0 Å². The highest BCUT2D eigenvalue weighted by atomic mass is 16.7. The lowest BCUT2D eigenvalue weighted by Gasteiger charge is -2.39. The fraction of sp³-hybridized carbons (Fsp3) is 0.772. The number of carbonyl (C=O) groups is 1. The fourth-order valence-corrected chi connectivity index (χ4v) is 7.93. The summed E-state index contributed by atoms with van der Waals surface area (Å²) in [6.07, 6.45) is 56.5. The second-order valence-corrected chi connectivity index (χ2v) is 18.3. The minimum absolute atomic E-state index is 0.123. The molecule has 9 heteroatoms. The highest BCUT2D eigenvalue weighted by molar-refractivity contribution is 5.69. The Morgan fingerprint density at radius 3 is 1.41 bits per heavy atom. The number of rotatable bonds is 46. The van der Waals surface area contributed by atoms with Crippen LogP contribution in [0.1, 0.15) is 219 Å². The molecule has 0 radical (unpaired) electrons. The minimum Gasteiger partial charge on any atom is -0.457 e. The van der Waals surface area contributed by atoms with Gasteiger partial charge < -0.3 is 39.4 Å². The molecule has 1 heterocycles. The zero-order chi connectivity index (χ0) is 47.8. The maximum atomic E-state index is 12.9. The summed E-state index contributed by atoms with van der Waals surface area (Å²) in [5.74, 6) is -0.322. The van der Waals surface area contributed by atoms with E-state index in [1.807, 2.05) is 0 Å². The van der Waals surface area contributed by atoms with Crippen LogP contribution in [0.15, 0.2) is 72.9 Å². The molecule has 4 N–H and O–H groups in total. The minimum atomic E-state index is -1.54. The summed E-state index contributed by atoms with van der Waals surface area (Å²) in [4.78, 5) is 12.9. The van der Waals surface area contributed by atoms with Crippen molar-refractivity contribution in [2.24, 2.45) is 0 Å². The number of esters is 1. The summed E-state index contributed by atoms with van der Waals surface area (Å²) < 4.78 is 22.9. The van der Waals surface area contributed by atoms with Gasteiger partial charge in [-0.3, -0.25) is 4.79 Å². The SMILES string of the molecule is CC/C=C\C/C=C\C/C=C\C/C=C\C/C=C\CCCCCCCCOCC(COC1OC(CO)C(O)C(O)C1O)OC(=O)CCCCCCCCCCC/C=C\CCCCCCCCCC. The Labute approximate surface area is 404 Å². The molecule has 1 aliphatic rings. The van der Waals surface area contributed by atoms with Crippen molar-refractivity contribution in [3.8, 4) is 0 Å². The third kappa shape index (κ3) is 37.6. The van der Waals surface area contributed by atoms with E-state index in [9.17, 15) is 25.2 Å². The van der Waals surface area contributed by atoms with Gasteiger partial charge in [-0.1, -0.05) is 202 Å². The molecule has 6 unspecified atom stereocenters. The van der Waals surface area contributed by atoms with Crippen LogP contribution in [0.4, 0.5) is 0 Å². The average Bonchev–Trinajstić information content (AvgIpc) is 3.32. The highest BCUT2D eigenvalue weighted by Crippen LogP contribution is 2.23. The van der Waals surface area contributed by atoms with Crippen molar-refractivity contribution in [3.05, 3.63) is 72.9 Å². The summed E-state index contributed by atoms with van der Waals surface area (Å²) in [7, 11) is 0. The van der Waals surface area contributed by atoms with Crippen LogP contribution in [-0.4, -0.2) is 89.6 Å². The predicted octanol–water partition coefficient (Wildman–Crippen LogP) is 13.6. The highest BCUT2D eigenvalue weighted by Gasteiger charge is 2.44. The van der Waals surface area contributed by atoms with Gasteiger partial charge in [0.15, 0.2) is 6.29 Å². The molecule has 1 rings (SSSR count). The molecule has 0 saturated carbocycles. The molecular formula is C57H100O9. The summed E-state index contributed by atoms with van der Waals surface area (Å²) in [6, 6.07) is 0. The smallest absolute Gasteiger partial charge is 0.306 e. The van der Waals surface area contributed by atoms with Gasteiger partial charge in [-0.2, -0.15) is 0 Å². The van der Waals surface area contributed by atoms with Gasteiger partial charge in [-0.25, -0.2) is 0 Å². The fourth-order valence-electron chi connectivity index (χ4n) is 7.93. The summed E-state index contributed by atoms with van der Waals surface area (Å²) >= 11 is 0. The van der Waals surface area contributed by atoms with E-state index in [2.05, 4.69) is 86.8 Å². The Morgan fingerprint density at radius 1 is 0.500 bits per heavy atom. The van der Waals surface area contributed by atoms with Gasteiger partial charge in [-0.15, -0.1) is 0 Å². The van der Waals surface area contributed by atoms with Crippen LogP contribution in [0.2, 0.25) is 0 Å². The van der Waals surface area contributed by atoms with Crippen molar-refractivity contribution in [2.45, 2.75) is 256 Å². The largest absolute Gasteiger partial charge is 0.457 e. The molecule has 66 heavy (non-hydrogen) atoms. The lowest BCUT2D eigenvalue weighted by molar-refractivity contribution is -0.305. The Morgan fingerprint density at radius 2 is 0.924 bits per heavy atom. The Kier molecular flexibility index (Phi) is 44.5. The van der Waals surface area contributed by atoms with Gasteiger partial charge in [-0.05, 0) is 83.5 Å². The van der Waals surface area contributed by atoms with Crippen molar-refractivity contribution in [1.29, 1.82) is 0 Å². The maximum absolute atomic E-state index is 12.9. The molecule has 0 aromatic rings. The van der Waals surface area contributed by atoms with E-state index < -0.39 is 43.4 Å². The topological polar surface area (TPSA) is 135 Å². The quantitative estimate of drug-likeness (QED) is 0.0267. The van der Waals surface area contributed by atoms with E-state index in [0.717, 1.165) is 77.0 Å². The molecule has 0 spiro atoms. The summed E-state index contributed by atoms with van der Waals surface area (Å²) in [6.45, 7) is 4.42. The maximum Gasteiger partial charge on any atom is 0.306 e. The molecule has 9 nitrogen and oxygen atoms in total. The second kappa shape index (κ2) is 47.7. The third-order valence-corrected chi connectivity index (χ3v) is 12.1. The van der Waals surface area contributed by atoms with E-state index >= 15 is 0 Å². The summed E-state index contributed by atoms with van der Waals surface area (Å²) in [5.41, 5.74) is 0. The van der Waals surface area contributed by atoms with Gasteiger partial charge in [0.2, 0.25) is 0 Å². The number of ether oxygens (including phenoxy) is 4. The molecule has 0 aromatic carbocycles. The van der Waals surface area contributed by atoms with Crippen molar-refractivity contribution in [2.75, 3.05) is 26.4 Å². The standard InChI is InChI=1S/C57H100O9/c1-3-5-7-9-11-13-15-17-19-21-23-25-27-29-31-33-35-37-39-41-43-45-47-63-49-51(50-64-57-56(62)55(61)54(60)52(48-58)66-57)65-53(59)46-44-42-40-38-36-34-32-30-28-26-24-22-20-18-16-14-12-10-8-6-4-2/h5,7,11,13,17,19,22-25,29,31,51-52,54-58,60-62H,3-4,6,8-10,12,14-16,18,20-21,26-28,30,32-50H2,1-2H3/b7-5-,13-11-,19-17-,24-22-,25-23-,31-29-. The van der Waals surface area contributed by atoms with Crippen LogP contribution in [0, 0.1) is 0 Å². The third-order valence-electron chi connectivity index (χ3n) is 12.1. The molecular weight excluding hydrogens is 829 g/mol. The molecule has 6 atom stereocenters. The van der Waals surface area contributed by atoms with Crippen LogP contribution >= 0.6 is 0 Å². The number of hydrogen-bond acceptors (Lipinski definition) is 9. The van der Waals surface area contributed by atoms with Crippen LogP contribution in [0.25, 0.3) is 0 Å². The molecule has 0 aliphatic carbocycles. The molecule has 1 fully saturated rings. The Balaban J connectivity index is 2.21. The second-order valence-electron chi connectivity index (χ2n) is 18.3. The Hall–Kier alpha value is -2.37. The first-order valence-corrected chi connectivity index (χ1v) is 27.0. The molecule has 0 bridgehead atoms. The number of aliphatic hydroxyl groups is 4. The lowest BCUT2D eigenvalue weighted by Crippen LogP contribution is -2.59. The lowest BCUT2D eigenvalue weighted by atomic mass is 9.99. The first-order valence-electron chi connectivity index (χ1n) is 27.0. The molecule has 1 saturated heterocycles. The van der Waals surface area contributed by atoms with E-state index in [0.29, 0.717) is 13.0 Å². The van der Waals surface area contributed by atoms with Crippen LogP contribution in [0.5, 0.6) is 0 Å². The van der Waals surface area contributed by atoms with E-state index in [1.165, 1.54) is 122 Å². The van der Waals surface area contributed by atoms with E-state index in [-0.39, 0.29) is 19.2 Å². The molecule has 1 aliphatic heterocycles. The van der Waals surface area contributed by atoms with E-state index in [1.54, 1.807) is 0 Å².